The Morgan fingerprint density at radius 2 is 2.25 bits per heavy atom. The van der Waals surface area contributed by atoms with E-state index in [1.165, 1.54) is 0 Å². The predicted octanol–water partition coefficient (Wildman–Crippen LogP) is 2.93. The molecule has 24 heavy (non-hydrogen) atoms. The zero-order valence-corrected chi connectivity index (χ0v) is 13.8. The molecule has 0 bridgehead atoms. The third kappa shape index (κ3) is 2.71. The van der Waals surface area contributed by atoms with Gasteiger partial charge in [-0.25, -0.2) is 0 Å². The SMILES string of the molecule is CCCCN1C=C(c2cc(C#N)ccc2OC)C2=CC=NC2C1=O. The minimum absolute atomic E-state index is 0.00241. The first-order valence-corrected chi connectivity index (χ1v) is 8.04. The third-order valence-corrected chi connectivity index (χ3v) is 4.27. The van der Waals surface area contributed by atoms with Gasteiger partial charge in [-0.3, -0.25) is 9.79 Å². The monoisotopic (exact) mass is 321 g/mol. The summed E-state index contributed by atoms with van der Waals surface area (Å²) in [5.74, 6) is 0.680. The number of aliphatic imine (C=N–C) groups is 1. The standard InChI is InChI=1S/C19H19N3O2/c1-3-4-9-22-12-16(14-7-8-21-18(14)19(22)23)15-10-13(11-20)5-6-17(15)24-2/h5-8,10,12,18H,3-4,9H2,1-2H3. The summed E-state index contributed by atoms with van der Waals surface area (Å²) in [5.41, 5.74) is 3.12. The molecular weight excluding hydrogens is 302 g/mol. The third-order valence-electron chi connectivity index (χ3n) is 4.27. The molecule has 1 amide bonds. The van der Waals surface area contributed by atoms with Crippen LogP contribution >= 0.6 is 0 Å². The number of hydrogen-bond donors (Lipinski definition) is 0. The number of allylic oxidation sites excluding steroid dienone is 1. The molecule has 0 N–H and O–H groups in total. The predicted molar refractivity (Wildman–Crippen MR) is 92.7 cm³/mol. The van der Waals surface area contributed by atoms with Crippen molar-refractivity contribution in [3.05, 3.63) is 47.2 Å². The highest BCUT2D eigenvalue weighted by Crippen LogP contribution is 2.38. The van der Waals surface area contributed by atoms with Gasteiger partial charge in [0.15, 0.2) is 6.04 Å². The summed E-state index contributed by atoms with van der Waals surface area (Å²) in [7, 11) is 1.60. The van der Waals surface area contributed by atoms with Gasteiger partial charge in [-0.05, 0) is 36.3 Å². The summed E-state index contributed by atoms with van der Waals surface area (Å²) in [5, 5.41) is 9.21. The van der Waals surface area contributed by atoms with Gasteiger partial charge in [0.2, 0.25) is 0 Å². The molecule has 2 heterocycles. The molecule has 0 radical (unpaired) electrons. The molecular formula is C19H19N3O2. The summed E-state index contributed by atoms with van der Waals surface area (Å²) >= 11 is 0. The van der Waals surface area contributed by atoms with Gasteiger partial charge < -0.3 is 9.64 Å². The molecule has 1 aromatic carbocycles. The van der Waals surface area contributed by atoms with E-state index in [0.29, 0.717) is 17.9 Å². The Morgan fingerprint density at radius 1 is 1.42 bits per heavy atom. The fourth-order valence-corrected chi connectivity index (χ4v) is 2.98. The second kappa shape index (κ2) is 6.71. The van der Waals surface area contributed by atoms with Crippen molar-refractivity contribution in [1.29, 1.82) is 5.26 Å². The van der Waals surface area contributed by atoms with Crippen LogP contribution in [0.25, 0.3) is 5.57 Å². The second-order valence-corrected chi connectivity index (χ2v) is 5.78. The van der Waals surface area contributed by atoms with Crippen LogP contribution in [-0.2, 0) is 4.79 Å². The number of fused-ring (bicyclic) bond motifs is 1. The van der Waals surface area contributed by atoms with Crippen molar-refractivity contribution in [3.8, 4) is 11.8 Å². The van der Waals surface area contributed by atoms with Crippen molar-refractivity contribution in [1.82, 2.24) is 4.90 Å². The maximum absolute atomic E-state index is 12.6. The first-order valence-electron chi connectivity index (χ1n) is 8.04. The van der Waals surface area contributed by atoms with Crippen LogP contribution in [-0.4, -0.2) is 36.7 Å². The van der Waals surface area contributed by atoms with Crippen LogP contribution in [0.3, 0.4) is 0 Å². The first-order chi connectivity index (χ1) is 11.7. The maximum Gasteiger partial charge on any atom is 0.255 e. The van der Waals surface area contributed by atoms with Crippen LogP contribution in [0.5, 0.6) is 5.75 Å². The normalized spacial score (nSPS) is 18.8. The Kier molecular flexibility index (Phi) is 4.48. The summed E-state index contributed by atoms with van der Waals surface area (Å²) < 4.78 is 5.47. The van der Waals surface area contributed by atoms with Crippen LogP contribution < -0.4 is 4.74 Å². The number of nitrogens with zero attached hydrogens (tertiary/aromatic N) is 3. The van der Waals surface area contributed by atoms with Crippen LogP contribution in [0, 0.1) is 11.3 Å². The minimum atomic E-state index is -0.489. The molecule has 1 aromatic rings. The van der Waals surface area contributed by atoms with E-state index in [9.17, 15) is 10.1 Å². The molecule has 0 aliphatic carbocycles. The molecule has 3 rings (SSSR count). The molecule has 1 atom stereocenters. The number of nitriles is 1. The smallest absolute Gasteiger partial charge is 0.255 e. The van der Waals surface area contributed by atoms with E-state index < -0.39 is 6.04 Å². The molecule has 2 aliphatic rings. The lowest BCUT2D eigenvalue weighted by Gasteiger charge is -2.30. The summed E-state index contributed by atoms with van der Waals surface area (Å²) in [6.45, 7) is 2.76. The lowest BCUT2D eigenvalue weighted by atomic mass is 9.89. The fraction of sp³-hybridized carbons (Fsp3) is 0.316. The zero-order chi connectivity index (χ0) is 17.1. The Morgan fingerprint density at radius 3 is 2.96 bits per heavy atom. The first kappa shape index (κ1) is 16.0. The number of carbonyl (C=O) groups is 1. The van der Waals surface area contributed by atoms with E-state index in [0.717, 1.165) is 29.6 Å². The molecule has 0 saturated carbocycles. The van der Waals surface area contributed by atoms with Gasteiger partial charge in [0.1, 0.15) is 5.75 Å². The lowest BCUT2D eigenvalue weighted by Crippen LogP contribution is -2.39. The highest BCUT2D eigenvalue weighted by Gasteiger charge is 2.35. The Labute approximate surface area is 141 Å². The van der Waals surface area contributed by atoms with Gasteiger partial charge in [-0.1, -0.05) is 13.3 Å². The van der Waals surface area contributed by atoms with Crippen LogP contribution in [0.4, 0.5) is 0 Å². The Balaban J connectivity index is 2.10. The van der Waals surface area contributed by atoms with Gasteiger partial charge in [0.05, 0.1) is 18.7 Å². The van der Waals surface area contributed by atoms with E-state index in [1.807, 2.05) is 12.3 Å². The average molecular weight is 321 g/mol. The van der Waals surface area contributed by atoms with Crippen molar-refractivity contribution in [2.45, 2.75) is 25.8 Å². The van der Waals surface area contributed by atoms with E-state index in [2.05, 4.69) is 18.0 Å². The highest BCUT2D eigenvalue weighted by molar-refractivity contribution is 6.04. The second-order valence-electron chi connectivity index (χ2n) is 5.78. The van der Waals surface area contributed by atoms with E-state index in [-0.39, 0.29) is 5.91 Å². The van der Waals surface area contributed by atoms with Crippen molar-refractivity contribution < 1.29 is 9.53 Å². The molecule has 0 saturated heterocycles. The number of amides is 1. The highest BCUT2D eigenvalue weighted by atomic mass is 16.5. The summed E-state index contributed by atoms with van der Waals surface area (Å²) in [6, 6.07) is 6.98. The number of ether oxygens (including phenoxy) is 1. The van der Waals surface area contributed by atoms with Crippen molar-refractivity contribution in [2.75, 3.05) is 13.7 Å². The van der Waals surface area contributed by atoms with Crippen molar-refractivity contribution in [2.24, 2.45) is 4.99 Å². The number of rotatable bonds is 5. The summed E-state index contributed by atoms with van der Waals surface area (Å²) in [6.07, 6.45) is 7.35. The van der Waals surface area contributed by atoms with Crippen molar-refractivity contribution in [3.63, 3.8) is 0 Å². The molecule has 0 spiro atoms. The van der Waals surface area contributed by atoms with Crippen LogP contribution in [0.1, 0.15) is 30.9 Å². The summed E-state index contributed by atoms with van der Waals surface area (Å²) in [4.78, 5) is 18.7. The number of hydrogen-bond acceptors (Lipinski definition) is 4. The topological polar surface area (TPSA) is 65.7 Å². The van der Waals surface area contributed by atoms with E-state index in [1.54, 1.807) is 36.4 Å². The minimum Gasteiger partial charge on any atom is -0.496 e. The largest absolute Gasteiger partial charge is 0.496 e. The van der Waals surface area contributed by atoms with E-state index >= 15 is 0 Å². The van der Waals surface area contributed by atoms with Crippen molar-refractivity contribution >= 4 is 17.7 Å². The molecule has 5 heteroatoms. The van der Waals surface area contributed by atoms with Gasteiger partial charge >= 0.3 is 0 Å². The number of benzene rings is 1. The molecule has 122 valence electrons. The van der Waals surface area contributed by atoms with E-state index in [4.69, 9.17) is 4.74 Å². The average Bonchev–Trinajstić information content (AvgIpc) is 3.11. The molecule has 0 aromatic heterocycles. The lowest BCUT2D eigenvalue weighted by molar-refractivity contribution is -0.129. The van der Waals surface area contributed by atoms with Gasteiger partial charge in [-0.15, -0.1) is 0 Å². The molecule has 5 nitrogen and oxygen atoms in total. The number of methoxy groups -OCH3 is 1. The Bertz CT molecular complexity index is 799. The number of carbonyl (C=O) groups excluding carboxylic acids is 1. The van der Waals surface area contributed by atoms with Gasteiger partial charge in [-0.2, -0.15) is 5.26 Å². The zero-order valence-electron chi connectivity index (χ0n) is 13.8. The van der Waals surface area contributed by atoms with Gasteiger partial charge in [0.25, 0.3) is 5.91 Å². The quantitative estimate of drug-likeness (QED) is 0.837. The maximum atomic E-state index is 12.6. The molecule has 0 fully saturated rings. The van der Waals surface area contributed by atoms with Gasteiger partial charge in [0, 0.05) is 30.1 Å². The Hall–Kier alpha value is -2.87. The van der Waals surface area contributed by atoms with Crippen LogP contribution in [0.15, 0.2) is 41.0 Å². The number of unbranched alkanes of at least 4 members (excludes halogenated alkanes) is 1. The fourth-order valence-electron chi connectivity index (χ4n) is 2.98. The molecule has 1 unspecified atom stereocenters. The van der Waals surface area contributed by atoms with Crippen LogP contribution in [0.2, 0.25) is 0 Å². The molecule has 2 aliphatic heterocycles.